The first-order chi connectivity index (χ1) is 11.3. The van der Waals surface area contributed by atoms with Gasteiger partial charge in [-0.25, -0.2) is 0 Å². The van der Waals surface area contributed by atoms with Gasteiger partial charge in [0, 0.05) is 29.7 Å². The minimum absolute atomic E-state index is 0.0584. The summed E-state index contributed by atoms with van der Waals surface area (Å²) in [4.78, 5) is 26.9. The number of fused-ring (bicyclic) bond motifs is 2. The topological polar surface area (TPSA) is 85.0 Å². The van der Waals surface area contributed by atoms with Crippen molar-refractivity contribution in [1.82, 2.24) is 15.0 Å². The van der Waals surface area contributed by atoms with Gasteiger partial charge >= 0.3 is 5.69 Å². The molecule has 0 atom stereocenters. The van der Waals surface area contributed by atoms with E-state index in [0.717, 1.165) is 21.2 Å². The zero-order chi connectivity index (χ0) is 15.8. The van der Waals surface area contributed by atoms with E-state index in [4.69, 9.17) is 0 Å². The first-order valence-corrected chi connectivity index (χ1v) is 7.52. The van der Waals surface area contributed by atoms with Gasteiger partial charge in [-0.2, -0.15) is 0 Å². The Morgan fingerprint density at radius 3 is 2.39 bits per heavy atom. The number of anilines is 3. The molecule has 1 aliphatic heterocycles. The highest BCUT2D eigenvalue weighted by atomic mass is 32.2. The van der Waals surface area contributed by atoms with Crippen molar-refractivity contribution in [1.29, 1.82) is 0 Å². The second-order valence-electron chi connectivity index (χ2n) is 4.75. The molecule has 0 radical (unpaired) electrons. The van der Waals surface area contributed by atoms with Gasteiger partial charge in [0.2, 0.25) is 0 Å². The number of nitro groups is 1. The highest BCUT2D eigenvalue weighted by Gasteiger charge is 2.29. The van der Waals surface area contributed by atoms with Crippen LogP contribution >= 0.6 is 11.8 Å². The summed E-state index contributed by atoms with van der Waals surface area (Å²) in [5.74, 6) is 0. The lowest BCUT2D eigenvalue weighted by molar-refractivity contribution is -0.384. The lowest BCUT2D eigenvalue weighted by Gasteiger charge is -2.31. The zero-order valence-corrected chi connectivity index (χ0v) is 12.5. The summed E-state index contributed by atoms with van der Waals surface area (Å²) in [6.07, 6.45) is 9.63. The van der Waals surface area contributed by atoms with E-state index >= 15 is 0 Å². The van der Waals surface area contributed by atoms with Crippen molar-refractivity contribution in [2.24, 2.45) is 0 Å². The largest absolute Gasteiger partial charge is 0.311 e. The molecule has 3 aromatic rings. The van der Waals surface area contributed by atoms with E-state index in [0.29, 0.717) is 5.69 Å². The molecule has 4 rings (SSSR count). The van der Waals surface area contributed by atoms with Gasteiger partial charge in [0.25, 0.3) is 0 Å². The van der Waals surface area contributed by atoms with Crippen LogP contribution in [0, 0.1) is 10.1 Å². The van der Waals surface area contributed by atoms with Gasteiger partial charge in [-0.15, -0.1) is 0 Å². The maximum Gasteiger partial charge on any atom is 0.311 e. The van der Waals surface area contributed by atoms with Crippen LogP contribution < -0.4 is 4.90 Å². The minimum atomic E-state index is -0.430. The molecule has 7 nitrogen and oxygen atoms in total. The van der Waals surface area contributed by atoms with E-state index in [1.54, 1.807) is 48.8 Å². The van der Waals surface area contributed by atoms with Crippen molar-refractivity contribution in [3.8, 4) is 0 Å². The number of rotatable bonds is 2. The molecule has 0 saturated heterocycles. The molecule has 0 aromatic carbocycles. The first-order valence-electron chi connectivity index (χ1n) is 6.70. The molecule has 0 aliphatic carbocycles. The Hall–Kier alpha value is -3.00. The van der Waals surface area contributed by atoms with Crippen LogP contribution in [0.25, 0.3) is 0 Å². The molecule has 23 heavy (non-hydrogen) atoms. The van der Waals surface area contributed by atoms with Gasteiger partial charge in [-0.3, -0.25) is 25.1 Å². The SMILES string of the molecule is O=[N+]([O-])c1cnccc1N1c2ccncc2Sc2ccncc21. The predicted octanol–water partition coefficient (Wildman–Crippen LogP) is 3.71. The highest BCUT2D eigenvalue weighted by Crippen LogP contribution is 2.51. The second-order valence-corrected chi connectivity index (χ2v) is 5.83. The molecule has 112 valence electrons. The molecule has 1 aliphatic rings. The number of hydrogen-bond acceptors (Lipinski definition) is 7. The third-order valence-corrected chi connectivity index (χ3v) is 4.54. The molecule has 0 saturated carbocycles. The van der Waals surface area contributed by atoms with E-state index in [2.05, 4.69) is 15.0 Å². The highest BCUT2D eigenvalue weighted by molar-refractivity contribution is 7.99. The summed E-state index contributed by atoms with van der Waals surface area (Å²) in [7, 11) is 0. The van der Waals surface area contributed by atoms with Crippen molar-refractivity contribution in [2.75, 3.05) is 4.90 Å². The Kier molecular flexibility index (Phi) is 3.16. The third-order valence-electron chi connectivity index (χ3n) is 3.44. The summed E-state index contributed by atoms with van der Waals surface area (Å²) in [5, 5.41) is 11.4. The summed E-state index contributed by atoms with van der Waals surface area (Å²) >= 11 is 1.57. The monoisotopic (exact) mass is 323 g/mol. The average Bonchev–Trinajstić information content (AvgIpc) is 2.59. The van der Waals surface area contributed by atoms with E-state index < -0.39 is 4.92 Å². The molecule has 3 aromatic heterocycles. The fourth-order valence-corrected chi connectivity index (χ4v) is 3.47. The number of nitrogens with zero attached hydrogens (tertiary/aromatic N) is 5. The standard InChI is InChI=1S/C15H9N5O2S/c21-20(22)12-7-16-4-1-10(12)19-11-2-5-18-9-15(11)23-14-3-6-17-8-13(14)19/h1-9H. The quantitative estimate of drug-likeness (QED) is 0.410. The van der Waals surface area contributed by atoms with Crippen LogP contribution in [0.2, 0.25) is 0 Å². The Labute approximate surface area is 135 Å². The van der Waals surface area contributed by atoms with E-state index in [1.807, 2.05) is 17.0 Å². The molecule has 0 fully saturated rings. The Balaban J connectivity index is 2.01. The van der Waals surface area contributed by atoms with Gasteiger partial charge in [0.05, 0.1) is 27.4 Å². The van der Waals surface area contributed by atoms with Crippen molar-refractivity contribution in [3.63, 3.8) is 0 Å². The molecule has 8 heteroatoms. The van der Waals surface area contributed by atoms with Crippen LogP contribution in [0.1, 0.15) is 0 Å². The third kappa shape index (κ3) is 2.20. The summed E-state index contributed by atoms with van der Waals surface area (Å²) in [5.41, 5.74) is 2.02. The van der Waals surface area contributed by atoms with E-state index in [9.17, 15) is 10.1 Å². The van der Waals surface area contributed by atoms with Crippen LogP contribution in [0.15, 0.2) is 65.2 Å². The molecule has 0 N–H and O–H groups in total. The Morgan fingerprint density at radius 2 is 1.57 bits per heavy atom. The number of aromatic nitrogens is 3. The molecule has 0 spiro atoms. The van der Waals surface area contributed by atoms with Gasteiger partial charge < -0.3 is 4.90 Å². The van der Waals surface area contributed by atoms with E-state index in [1.165, 1.54) is 6.20 Å². The van der Waals surface area contributed by atoms with Crippen LogP contribution in [-0.4, -0.2) is 19.9 Å². The summed E-state index contributed by atoms with van der Waals surface area (Å²) < 4.78 is 0. The minimum Gasteiger partial charge on any atom is -0.300 e. The van der Waals surface area contributed by atoms with Gasteiger partial charge in [-0.1, -0.05) is 11.8 Å². The molecule has 0 amide bonds. The molecule has 0 bridgehead atoms. The lowest BCUT2D eigenvalue weighted by atomic mass is 10.2. The molecule has 0 unspecified atom stereocenters. The van der Waals surface area contributed by atoms with E-state index in [-0.39, 0.29) is 5.69 Å². The molecular weight excluding hydrogens is 314 g/mol. The van der Waals surface area contributed by atoms with Gasteiger partial charge in [0.15, 0.2) is 0 Å². The number of hydrogen-bond donors (Lipinski definition) is 0. The second kappa shape index (κ2) is 5.33. The van der Waals surface area contributed by atoms with Crippen molar-refractivity contribution < 1.29 is 4.92 Å². The maximum absolute atomic E-state index is 11.4. The number of pyridine rings is 3. The van der Waals surface area contributed by atoms with Crippen molar-refractivity contribution in [2.45, 2.75) is 9.79 Å². The van der Waals surface area contributed by atoms with Crippen molar-refractivity contribution in [3.05, 3.63) is 65.5 Å². The van der Waals surface area contributed by atoms with Crippen LogP contribution in [0.5, 0.6) is 0 Å². The van der Waals surface area contributed by atoms with Crippen LogP contribution in [0.4, 0.5) is 22.7 Å². The fourth-order valence-electron chi connectivity index (χ4n) is 2.48. The first kappa shape index (κ1) is 13.6. The predicted molar refractivity (Wildman–Crippen MR) is 85.3 cm³/mol. The molecule has 4 heterocycles. The Bertz CT molecular complexity index is 872. The fraction of sp³-hybridized carbons (Fsp3) is 0. The van der Waals surface area contributed by atoms with Crippen LogP contribution in [0.3, 0.4) is 0 Å². The van der Waals surface area contributed by atoms with Crippen LogP contribution in [-0.2, 0) is 0 Å². The smallest absolute Gasteiger partial charge is 0.300 e. The van der Waals surface area contributed by atoms with Crippen molar-refractivity contribution >= 4 is 34.5 Å². The zero-order valence-electron chi connectivity index (χ0n) is 11.7. The average molecular weight is 323 g/mol. The lowest BCUT2D eigenvalue weighted by Crippen LogP contribution is -2.16. The maximum atomic E-state index is 11.4. The summed E-state index contributed by atoms with van der Waals surface area (Å²) in [6.45, 7) is 0. The van der Waals surface area contributed by atoms with Gasteiger partial charge in [-0.05, 0) is 18.2 Å². The molecular formula is C15H9N5O2S. The Morgan fingerprint density at radius 1 is 0.870 bits per heavy atom. The normalized spacial score (nSPS) is 12.4. The van der Waals surface area contributed by atoms with Gasteiger partial charge in [0.1, 0.15) is 11.9 Å². The summed E-state index contributed by atoms with van der Waals surface area (Å²) in [6, 6.07) is 5.35.